The highest BCUT2D eigenvalue weighted by Crippen LogP contribution is 2.40. The van der Waals surface area contributed by atoms with Gasteiger partial charge >= 0.3 is 5.97 Å². The summed E-state index contributed by atoms with van der Waals surface area (Å²) < 4.78 is 4.59. The first-order valence-electron chi connectivity index (χ1n) is 6.00. The van der Waals surface area contributed by atoms with Crippen molar-refractivity contribution in [3.63, 3.8) is 0 Å². The van der Waals surface area contributed by atoms with Crippen molar-refractivity contribution in [1.29, 1.82) is 0 Å². The standard InChI is InChI=1S/C12H23NO2/c1-3-12(7-4-5-8-12)10-13-9-6-11(14)15-2/h13H,3-10H2,1-2H3. The van der Waals surface area contributed by atoms with Gasteiger partial charge < -0.3 is 10.1 Å². The first-order valence-corrected chi connectivity index (χ1v) is 6.00. The Morgan fingerprint density at radius 3 is 2.60 bits per heavy atom. The van der Waals surface area contributed by atoms with Crippen molar-refractivity contribution < 1.29 is 9.53 Å². The van der Waals surface area contributed by atoms with Crippen LogP contribution >= 0.6 is 0 Å². The summed E-state index contributed by atoms with van der Waals surface area (Å²) in [5, 5.41) is 3.38. The summed E-state index contributed by atoms with van der Waals surface area (Å²) in [4.78, 5) is 10.9. The average molecular weight is 213 g/mol. The first-order chi connectivity index (χ1) is 7.22. The van der Waals surface area contributed by atoms with Crippen LogP contribution in [0.2, 0.25) is 0 Å². The van der Waals surface area contributed by atoms with Crippen LogP contribution in [-0.4, -0.2) is 26.2 Å². The maximum Gasteiger partial charge on any atom is 0.306 e. The molecule has 1 rings (SSSR count). The Morgan fingerprint density at radius 1 is 1.40 bits per heavy atom. The maximum atomic E-state index is 10.9. The predicted octanol–water partition coefficient (Wildman–Crippen LogP) is 2.11. The van der Waals surface area contributed by atoms with E-state index in [0.717, 1.165) is 13.1 Å². The Kier molecular flexibility index (Phi) is 5.09. The quantitative estimate of drug-likeness (QED) is 0.542. The third-order valence-electron chi connectivity index (χ3n) is 3.65. The highest BCUT2D eigenvalue weighted by molar-refractivity contribution is 5.69. The van der Waals surface area contributed by atoms with Gasteiger partial charge in [-0.15, -0.1) is 0 Å². The zero-order chi connectivity index (χ0) is 11.1. The van der Waals surface area contributed by atoms with Gasteiger partial charge in [-0.1, -0.05) is 19.8 Å². The zero-order valence-electron chi connectivity index (χ0n) is 9.97. The lowest BCUT2D eigenvalue weighted by molar-refractivity contribution is -0.140. The number of esters is 1. The largest absolute Gasteiger partial charge is 0.469 e. The lowest BCUT2D eigenvalue weighted by Crippen LogP contribution is -2.32. The van der Waals surface area contributed by atoms with Crippen LogP contribution in [0, 0.1) is 5.41 Å². The highest BCUT2D eigenvalue weighted by Gasteiger charge is 2.31. The van der Waals surface area contributed by atoms with E-state index in [0.29, 0.717) is 11.8 Å². The van der Waals surface area contributed by atoms with E-state index in [2.05, 4.69) is 17.0 Å². The van der Waals surface area contributed by atoms with Crippen LogP contribution in [0.4, 0.5) is 0 Å². The molecule has 15 heavy (non-hydrogen) atoms. The number of carbonyl (C=O) groups excluding carboxylic acids is 1. The van der Waals surface area contributed by atoms with Crippen molar-refractivity contribution in [1.82, 2.24) is 5.32 Å². The second-order valence-corrected chi connectivity index (χ2v) is 4.56. The van der Waals surface area contributed by atoms with Gasteiger partial charge in [0.05, 0.1) is 13.5 Å². The van der Waals surface area contributed by atoms with Crippen LogP contribution in [0.1, 0.15) is 45.4 Å². The normalized spacial score (nSPS) is 19.1. The van der Waals surface area contributed by atoms with Crippen molar-refractivity contribution in [3.8, 4) is 0 Å². The molecule has 3 nitrogen and oxygen atoms in total. The SMILES string of the molecule is CCC1(CNCCC(=O)OC)CCCC1. The summed E-state index contributed by atoms with van der Waals surface area (Å²) in [6.07, 6.45) is 7.15. The van der Waals surface area contributed by atoms with E-state index in [-0.39, 0.29) is 5.97 Å². The van der Waals surface area contributed by atoms with Crippen LogP contribution in [0.15, 0.2) is 0 Å². The van der Waals surface area contributed by atoms with Gasteiger partial charge in [-0.2, -0.15) is 0 Å². The molecule has 0 aromatic carbocycles. The Hall–Kier alpha value is -0.570. The van der Waals surface area contributed by atoms with Crippen molar-refractivity contribution in [2.75, 3.05) is 20.2 Å². The van der Waals surface area contributed by atoms with Crippen LogP contribution in [0.5, 0.6) is 0 Å². The van der Waals surface area contributed by atoms with Gasteiger partial charge in [-0.05, 0) is 24.7 Å². The molecule has 1 fully saturated rings. The smallest absolute Gasteiger partial charge is 0.306 e. The topological polar surface area (TPSA) is 38.3 Å². The van der Waals surface area contributed by atoms with Crippen LogP contribution in [0.3, 0.4) is 0 Å². The molecule has 0 amide bonds. The monoisotopic (exact) mass is 213 g/mol. The molecule has 0 aromatic rings. The lowest BCUT2D eigenvalue weighted by atomic mass is 9.83. The number of rotatable bonds is 6. The van der Waals surface area contributed by atoms with Gasteiger partial charge in [0.1, 0.15) is 0 Å². The average Bonchev–Trinajstić information content (AvgIpc) is 2.73. The minimum Gasteiger partial charge on any atom is -0.469 e. The molecule has 1 saturated carbocycles. The molecule has 0 heterocycles. The van der Waals surface area contributed by atoms with E-state index in [1.165, 1.54) is 39.2 Å². The van der Waals surface area contributed by atoms with Crippen LogP contribution in [0.25, 0.3) is 0 Å². The van der Waals surface area contributed by atoms with Gasteiger partial charge in [0.15, 0.2) is 0 Å². The summed E-state index contributed by atoms with van der Waals surface area (Å²) in [6, 6.07) is 0. The van der Waals surface area contributed by atoms with Crippen molar-refractivity contribution in [2.24, 2.45) is 5.41 Å². The fourth-order valence-corrected chi connectivity index (χ4v) is 2.43. The second-order valence-electron chi connectivity index (χ2n) is 4.56. The molecular weight excluding hydrogens is 190 g/mol. The Balaban J connectivity index is 2.15. The van der Waals surface area contributed by atoms with Crippen molar-refractivity contribution >= 4 is 5.97 Å². The van der Waals surface area contributed by atoms with Gasteiger partial charge in [0, 0.05) is 13.1 Å². The molecule has 0 aromatic heterocycles. The van der Waals surface area contributed by atoms with E-state index >= 15 is 0 Å². The molecule has 0 saturated heterocycles. The lowest BCUT2D eigenvalue weighted by Gasteiger charge is -2.27. The molecule has 0 radical (unpaired) electrons. The third kappa shape index (κ3) is 3.82. The number of ether oxygens (including phenoxy) is 1. The molecule has 0 unspecified atom stereocenters. The summed E-state index contributed by atoms with van der Waals surface area (Å²) in [5.74, 6) is -0.125. The van der Waals surface area contributed by atoms with E-state index in [4.69, 9.17) is 0 Å². The molecule has 0 spiro atoms. The van der Waals surface area contributed by atoms with Crippen molar-refractivity contribution in [3.05, 3.63) is 0 Å². The van der Waals surface area contributed by atoms with Gasteiger partial charge in [-0.25, -0.2) is 0 Å². The van der Waals surface area contributed by atoms with Crippen LogP contribution < -0.4 is 5.32 Å². The minimum atomic E-state index is -0.125. The summed E-state index contributed by atoms with van der Waals surface area (Å²) in [5.41, 5.74) is 0.510. The number of methoxy groups -OCH3 is 1. The predicted molar refractivity (Wildman–Crippen MR) is 60.7 cm³/mol. The van der Waals surface area contributed by atoms with Crippen LogP contribution in [-0.2, 0) is 9.53 Å². The number of hydrogen-bond acceptors (Lipinski definition) is 3. The maximum absolute atomic E-state index is 10.9. The molecule has 1 aliphatic carbocycles. The van der Waals surface area contributed by atoms with Crippen molar-refractivity contribution in [2.45, 2.75) is 45.4 Å². The van der Waals surface area contributed by atoms with Gasteiger partial charge in [0.25, 0.3) is 0 Å². The summed E-state index contributed by atoms with van der Waals surface area (Å²) in [6.45, 7) is 4.07. The molecule has 0 atom stereocenters. The second kappa shape index (κ2) is 6.11. The molecule has 0 aliphatic heterocycles. The third-order valence-corrected chi connectivity index (χ3v) is 3.65. The molecule has 1 N–H and O–H groups in total. The molecular formula is C12H23NO2. The molecule has 3 heteroatoms. The molecule has 1 aliphatic rings. The van der Waals surface area contributed by atoms with E-state index in [9.17, 15) is 4.79 Å². The van der Waals surface area contributed by atoms with E-state index in [1.807, 2.05) is 0 Å². The number of carbonyl (C=O) groups is 1. The molecule has 88 valence electrons. The Labute approximate surface area is 92.6 Å². The Morgan fingerprint density at radius 2 is 2.07 bits per heavy atom. The fraction of sp³-hybridized carbons (Fsp3) is 0.917. The molecule has 0 bridgehead atoms. The zero-order valence-corrected chi connectivity index (χ0v) is 9.97. The van der Waals surface area contributed by atoms with E-state index < -0.39 is 0 Å². The summed E-state index contributed by atoms with van der Waals surface area (Å²) >= 11 is 0. The van der Waals surface area contributed by atoms with Gasteiger partial charge in [-0.3, -0.25) is 4.79 Å². The minimum absolute atomic E-state index is 0.125. The highest BCUT2D eigenvalue weighted by atomic mass is 16.5. The van der Waals surface area contributed by atoms with Gasteiger partial charge in [0.2, 0.25) is 0 Å². The number of nitrogens with one attached hydrogen (secondary N) is 1. The summed E-state index contributed by atoms with van der Waals surface area (Å²) in [7, 11) is 1.44. The van der Waals surface area contributed by atoms with E-state index in [1.54, 1.807) is 0 Å². The number of hydrogen-bond donors (Lipinski definition) is 1. The first kappa shape index (κ1) is 12.5. The fourth-order valence-electron chi connectivity index (χ4n) is 2.43. The Bertz CT molecular complexity index is 198.